The number of rotatable bonds is 1. The summed E-state index contributed by atoms with van der Waals surface area (Å²) in [5, 5.41) is 0. The van der Waals surface area contributed by atoms with Crippen molar-refractivity contribution in [2.75, 3.05) is 0 Å². The Morgan fingerprint density at radius 3 is 2.44 bits per heavy atom. The molecule has 0 fully saturated rings. The van der Waals surface area contributed by atoms with Gasteiger partial charge in [0.05, 0.1) is 9.75 Å². The molecule has 0 amide bonds. The van der Waals surface area contributed by atoms with Crippen molar-refractivity contribution >= 4 is 17.6 Å². The zero-order valence-electron chi connectivity index (χ0n) is 4.55. The standard InChI is InChI=1S/C7H3OS/c1-2-6-3-4-7(5-8)9-6/h1,3-4H. The molecule has 0 bridgehead atoms. The lowest BCUT2D eigenvalue weighted by molar-refractivity contribution is 0.563. The van der Waals surface area contributed by atoms with Crippen LogP contribution in [0.1, 0.15) is 9.75 Å². The monoisotopic (exact) mass is 135 g/mol. The van der Waals surface area contributed by atoms with Crippen molar-refractivity contribution in [3.8, 4) is 12.3 Å². The Labute approximate surface area is 57.3 Å². The zero-order chi connectivity index (χ0) is 6.69. The van der Waals surface area contributed by atoms with Crippen LogP contribution in [0, 0.1) is 12.3 Å². The molecule has 1 radical (unpaired) electrons. The van der Waals surface area contributed by atoms with E-state index >= 15 is 0 Å². The van der Waals surface area contributed by atoms with Crippen LogP contribution in [0.4, 0.5) is 0 Å². The van der Waals surface area contributed by atoms with Crippen molar-refractivity contribution in [2.24, 2.45) is 0 Å². The van der Waals surface area contributed by atoms with Crippen LogP contribution in [0.3, 0.4) is 0 Å². The fourth-order valence-electron chi connectivity index (χ4n) is 0.470. The molecule has 0 aliphatic heterocycles. The SMILES string of the molecule is C#Cc1ccc([C]=O)s1. The molecule has 2 heteroatoms. The van der Waals surface area contributed by atoms with E-state index in [1.807, 2.05) is 0 Å². The van der Waals surface area contributed by atoms with Gasteiger partial charge in [-0.15, -0.1) is 17.8 Å². The number of thiophene rings is 1. The summed E-state index contributed by atoms with van der Waals surface area (Å²) in [6, 6.07) is 3.39. The van der Waals surface area contributed by atoms with E-state index in [2.05, 4.69) is 5.92 Å². The fraction of sp³-hybridized carbons (Fsp3) is 0. The molecule has 1 aromatic heterocycles. The third kappa shape index (κ3) is 1.18. The summed E-state index contributed by atoms with van der Waals surface area (Å²) in [6.45, 7) is 0. The number of carbonyl (C=O) groups excluding carboxylic acids is 1. The molecule has 0 saturated carbocycles. The van der Waals surface area contributed by atoms with Crippen molar-refractivity contribution in [1.29, 1.82) is 0 Å². The number of terminal acetylenes is 1. The predicted octanol–water partition coefficient (Wildman–Crippen LogP) is 1.19. The van der Waals surface area contributed by atoms with Crippen LogP contribution in [-0.4, -0.2) is 6.29 Å². The lowest BCUT2D eigenvalue weighted by Crippen LogP contribution is -1.63. The molecular weight excluding hydrogens is 132 g/mol. The molecule has 1 heterocycles. The maximum atomic E-state index is 9.95. The largest absolute Gasteiger partial charge is 0.284 e. The molecule has 1 aromatic rings. The van der Waals surface area contributed by atoms with Crippen molar-refractivity contribution in [2.45, 2.75) is 0 Å². The van der Waals surface area contributed by atoms with E-state index in [1.165, 1.54) is 11.3 Å². The molecular formula is C7H3OS. The van der Waals surface area contributed by atoms with E-state index in [-0.39, 0.29) is 0 Å². The Morgan fingerprint density at radius 1 is 1.44 bits per heavy atom. The molecule has 43 valence electrons. The summed E-state index contributed by atoms with van der Waals surface area (Å²) >= 11 is 1.27. The van der Waals surface area contributed by atoms with Crippen molar-refractivity contribution in [3.05, 3.63) is 21.9 Å². The highest BCUT2D eigenvalue weighted by Crippen LogP contribution is 2.11. The van der Waals surface area contributed by atoms with Gasteiger partial charge in [0, 0.05) is 0 Å². The van der Waals surface area contributed by atoms with Gasteiger partial charge in [0.1, 0.15) is 0 Å². The Bertz CT molecular complexity index is 254. The Hall–Kier alpha value is -1.07. The number of hydrogen-bond acceptors (Lipinski definition) is 2. The molecule has 0 spiro atoms. The van der Waals surface area contributed by atoms with Gasteiger partial charge in [-0.25, -0.2) is 0 Å². The van der Waals surface area contributed by atoms with Crippen LogP contribution in [0.5, 0.6) is 0 Å². The molecule has 0 N–H and O–H groups in total. The second-order valence-corrected chi connectivity index (χ2v) is 2.49. The predicted molar refractivity (Wildman–Crippen MR) is 37.0 cm³/mol. The summed E-state index contributed by atoms with van der Waals surface area (Å²) in [5.41, 5.74) is 0. The van der Waals surface area contributed by atoms with E-state index in [1.54, 1.807) is 18.4 Å². The average molecular weight is 135 g/mol. The molecule has 1 nitrogen and oxygen atoms in total. The van der Waals surface area contributed by atoms with Crippen molar-refractivity contribution in [3.63, 3.8) is 0 Å². The minimum absolute atomic E-state index is 0.558. The molecule has 0 unspecified atom stereocenters. The van der Waals surface area contributed by atoms with E-state index in [9.17, 15) is 4.79 Å². The smallest absolute Gasteiger partial charge is 0.244 e. The van der Waals surface area contributed by atoms with Crippen LogP contribution in [0.15, 0.2) is 12.1 Å². The van der Waals surface area contributed by atoms with Gasteiger partial charge in [-0.2, -0.15) is 0 Å². The minimum Gasteiger partial charge on any atom is -0.284 e. The first kappa shape index (κ1) is 6.06. The van der Waals surface area contributed by atoms with Crippen LogP contribution in [0.2, 0.25) is 0 Å². The molecule has 9 heavy (non-hydrogen) atoms. The minimum atomic E-state index is 0.558. The molecule has 0 aromatic carbocycles. The van der Waals surface area contributed by atoms with E-state index in [0.29, 0.717) is 4.88 Å². The maximum Gasteiger partial charge on any atom is 0.244 e. The van der Waals surface area contributed by atoms with Crippen molar-refractivity contribution in [1.82, 2.24) is 0 Å². The number of hydrogen-bond donors (Lipinski definition) is 0. The third-order valence-corrected chi connectivity index (χ3v) is 1.76. The van der Waals surface area contributed by atoms with Gasteiger partial charge >= 0.3 is 0 Å². The lowest BCUT2D eigenvalue weighted by Gasteiger charge is -1.70. The Morgan fingerprint density at radius 2 is 2.11 bits per heavy atom. The van der Waals surface area contributed by atoms with Crippen LogP contribution < -0.4 is 0 Å². The normalized spacial score (nSPS) is 8.33. The molecule has 0 aliphatic carbocycles. The van der Waals surface area contributed by atoms with Gasteiger partial charge < -0.3 is 0 Å². The second-order valence-electron chi connectivity index (χ2n) is 1.41. The van der Waals surface area contributed by atoms with Crippen LogP contribution in [-0.2, 0) is 4.79 Å². The highest BCUT2D eigenvalue weighted by molar-refractivity contribution is 7.14. The Kier molecular flexibility index (Phi) is 1.66. The van der Waals surface area contributed by atoms with Gasteiger partial charge in [-0.05, 0) is 12.1 Å². The zero-order valence-corrected chi connectivity index (χ0v) is 5.37. The molecule has 1 rings (SSSR count). The molecule has 0 aliphatic rings. The van der Waals surface area contributed by atoms with Gasteiger partial charge in [0.25, 0.3) is 0 Å². The average Bonchev–Trinajstić information content (AvgIpc) is 2.34. The highest BCUT2D eigenvalue weighted by atomic mass is 32.1. The first-order chi connectivity index (χ1) is 4.36. The molecule has 0 atom stereocenters. The van der Waals surface area contributed by atoms with Gasteiger partial charge in [-0.3, -0.25) is 4.79 Å². The summed E-state index contributed by atoms with van der Waals surface area (Å²) in [6.07, 6.45) is 6.80. The topological polar surface area (TPSA) is 17.1 Å². The van der Waals surface area contributed by atoms with Gasteiger partial charge in [0.2, 0.25) is 6.29 Å². The van der Waals surface area contributed by atoms with E-state index in [4.69, 9.17) is 6.42 Å². The summed E-state index contributed by atoms with van der Waals surface area (Å²) in [7, 11) is 0. The summed E-state index contributed by atoms with van der Waals surface area (Å²) in [4.78, 5) is 11.3. The first-order valence-electron chi connectivity index (χ1n) is 2.31. The quantitative estimate of drug-likeness (QED) is 0.528. The summed E-state index contributed by atoms with van der Waals surface area (Å²) < 4.78 is 0. The van der Waals surface area contributed by atoms with E-state index in [0.717, 1.165) is 4.88 Å². The Balaban J connectivity index is 3.03. The van der Waals surface area contributed by atoms with Crippen molar-refractivity contribution < 1.29 is 4.79 Å². The van der Waals surface area contributed by atoms with Gasteiger partial charge in [-0.1, -0.05) is 5.92 Å². The van der Waals surface area contributed by atoms with E-state index < -0.39 is 0 Å². The second kappa shape index (κ2) is 2.47. The van der Waals surface area contributed by atoms with Crippen LogP contribution in [0.25, 0.3) is 0 Å². The van der Waals surface area contributed by atoms with Gasteiger partial charge in [0.15, 0.2) is 0 Å². The van der Waals surface area contributed by atoms with Crippen LogP contribution >= 0.6 is 11.3 Å². The fourth-order valence-corrected chi connectivity index (χ4v) is 1.08. The first-order valence-corrected chi connectivity index (χ1v) is 3.13. The molecule has 0 saturated heterocycles. The summed E-state index contributed by atoms with van der Waals surface area (Å²) in [5.74, 6) is 2.42. The third-order valence-electron chi connectivity index (χ3n) is 0.849. The highest BCUT2D eigenvalue weighted by Gasteiger charge is 1.93. The maximum absolute atomic E-state index is 9.95. The lowest BCUT2D eigenvalue weighted by atomic mass is 10.4.